The summed E-state index contributed by atoms with van der Waals surface area (Å²) in [5.74, 6) is 0.174. The van der Waals surface area contributed by atoms with Crippen LogP contribution in [-0.2, 0) is 0 Å². The van der Waals surface area contributed by atoms with Crippen LogP contribution in [0.4, 0.5) is 19.0 Å². The number of rotatable bonds is 3. The van der Waals surface area contributed by atoms with E-state index in [9.17, 15) is 13.2 Å². The largest absolute Gasteiger partial charge is 0.405 e. The standard InChI is InChI=1S/C13H10ClF3N2/c14-11-4-2-1-3-10(11)9-5-6-12(18-7-9)19-8-13(15,16)17/h1-7H,8H2,(H,18,19). The smallest absolute Gasteiger partial charge is 0.361 e. The van der Waals surface area contributed by atoms with Gasteiger partial charge in [0, 0.05) is 22.3 Å². The van der Waals surface area contributed by atoms with Gasteiger partial charge in [0.2, 0.25) is 0 Å². The molecule has 1 N–H and O–H groups in total. The van der Waals surface area contributed by atoms with Gasteiger partial charge in [0.05, 0.1) is 0 Å². The third kappa shape index (κ3) is 3.86. The zero-order valence-corrected chi connectivity index (χ0v) is 10.5. The molecule has 1 heterocycles. The lowest BCUT2D eigenvalue weighted by Crippen LogP contribution is -2.21. The number of halogens is 4. The molecule has 0 amide bonds. The van der Waals surface area contributed by atoms with Crippen molar-refractivity contribution in [2.45, 2.75) is 6.18 Å². The summed E-state index contributed by atoms with van der Waals surface area (Å²) in [6, 6.07) is 10.4. The van der Waals surface area contributed by atoms with Gasteiger partial charge in [0.25, 0.3) is 0 Å². The molecule has 2 nitrogen and oxygen atoms in total. The quantitative estimate of drug-likeness (QED) is 0.906. The first-order valence-corrected chi connectivity index (χ1v) is 5.85. The van der Waals surface area contributed by atoms with Crippen molar-refractivity contribution in [2.75, 3.05) is 11.9 Å². The number of benzene rings is 1. The molecule has 0 aliphatic carbocycles. The third-order valence-corrected chi connectivity index (χ3v) is 2.75. The van der Waals surface area contributed by atoms with Gasteiger partial charge in [0.1, 0.15) is 12.4 Å². The molecule has 2 aromatic rings. The highest BCUT2D eigenvalue weighted by atomic mass is 35.5. The molecule has 0 bridgehead atoms. The van der Waals surface area contributed by atoms with E-state index in [1.807, 2.05) is 12.1 Å². The Hall–Kier alpha value is -1.75. The van der Waals surface area contributed by atoms with Crippen molar-refractivity contribution in [2.24, 2.45) is 0 Å². The summed E-state index contributed by atoms with van der Waals surface area (Å²) in [4.78, 5) is 3.93. The number of nitrogens with one attached hydrogen (secondary N) is 1. The van der Waals surface area contributed by atoms with Crippen LogP contribution in [0.25, 0.3) is 11.1 Å². The summed E-state index contributed by atoms with van der Waals surface area (Å²) in [6.45, 7) is -1.11. The Morgan fingerprint density at radius 2 is 1.84 bits per heavy atom. The molecule has 2 rings (SSSR count). The molecule has 0 spiro atoms. The predicted octanol–water partition coefficient (Wildman–Crippen LogP) is 4.38. The molecule has 0 saturated heterocycles. The Kier molecular flexibility index (Phi) is 3.95. The van der Waals surface area contributed by atoms with E-state index in [0.717, 1.165) is 11.1 Å². The predicted molar refractivity (Wildman–Crippen MR) is 69.2 cm³/mol. The number of pyridine rings is 1. The number of alkyl halides is 3. The summed E-state index contributed by atoms with van der Waals surface area (Å²) in [7, 11) is 0. The number of aromatic nitrogens is 1. The molecule has 0 radical (unpaired) electrons. The van der Waals surface area contributed by atoms with Crippen LogP contribution in [-0.4, -0.2) is 17.7 Å². The third-order valence-electron chi connectivity index (χ3n) is 2.42. The van der Waals surface area contributed by atoms with Gasteiger partial charge >= 0.3 is 6.18 Å². The van der Waals surface area contributed by atoms with Crippen molar-refractivity contribution in [1.82, 2.24) is 4.98 Å². The Labute approximate surface area is 113 Å². The van der Waals surface area contributed by atoms with Gasteiger partial charge in [-0.15, -0.1) is 0 Å². The van der Waals surface area contributed by atoms with Crippen molar-refractivity contribution in [3.63, 3.8) is 0 Å². The number of hydrogen-bond donors (Lipinski definition) is 1. The average molecular weight is 287 g/mol. The minimum atomic E-state index is -4.26. The fourth-order valence-corrected chi connectivity index (χ4v) is 1.79. The molecule has 1 aromatic carbocycles. The first kappa shape index (κ1) is 13.7. The zero-order valence-electron chi connectivity index (χ0n) is 9.71. The van der Waals surface area contributed by atoms with E-state index < -0.39 is 12.7 Å². The second-order valence-corrected chi connectivity index (χ2v) is 4.29. The maximum atomic E-state index is 12.0. The molecular formula is C13H10ClF3N2. The van der Waals surface area contributed by atoms with E-state index >= 15 is 0 Å². The van der Waals surface area contributed by atoms with E-state index in [1.165, 1.54) is 12.3 Å². The minimum Gasteiger partial charge on any atom is -0.361 e. The first-order chi connectivity index (χ1) is 8.96. The Morgan fingerprint density at radius 1 is 1.11 bits per heavy atom. The van der Waals surface area contributed by atoms with Crippen LogP contribution in [0.5, 0.6) is 0 Å². The van der Waals surface area contributed by atoms with Crippen molar-refractivity contribution >= 4 is 17.4 Å². The Morgan fingerprint density at radius 3 is 2.42 bits per heavy atom. The SMILES string of the molecule is FC(F)(F)CNc1ccc(-c2ccccc2Cl)cn1. The molecule has 0 aliphatic rings. The fraction of sp³-hybridized carbons (Fsp3) is 0.154. The van der Waals surface area contributed by atoms with Gasteiger partial charge in [-0.05, 0) is 18.2 Å². The monoisotopic (exact) mass is 286 g/mol. The van der Waals surface area contributed by atoms with Gasteiger partial charge in [-0.2, -0.15) is 13.2 Å². The highest BCUT2D eigenvalue weighted by Gasteiger charge is 2.26. The Balaban J connectivity index is 2.13. The maximum Gasteiger partial charge on any atom is 0.405 e. The number of nitrogens with zero attached hydrogens (tertiary/aromatic N) is 1. The average Bonchev–Trinajstić information content (AvgIpc) is 2.37. The van der Waals surface area contributed by atoms with Crippen LogP contribution < -0.4 is 5.32 Å². The van der Waals surface area contributed by atoms with Crippen molar-refractivity contribution in [3.05, 3.63) is 47.6 Å². The highest BCUT2D eigenvalue weighted by molar-refractivity contribution is 6.33. The van der Waals surface area contributed by atoms with E-state index in [0.29, 0.717) is 5.02 Å². The van der Waals surface area contributed by atoms with Crippen molar-refractivity contribution < 1.29 is 13.2 Å². The van der Waals surface area contributed by atoms with Gasteiger partial charge in [0.15, 0.2) is 0 Å². The van der Waals surface area contributed by atoms with Crippen molar-refractivity contribution in [1.29, 1.82) is 0 Å². The van der Waals surface area contributed by atoms with Crippen LogP contribution >= 0.6 is 11.6 Å². The van der Waals surface area contributed by atoms with Gasteiger partial charge < -0.3 is 5.32 Å². The highest BCUT2D eigenvalue weighted by Crippen LogP contribution is 2.27. The summed E-state index contributed by atoms with van der Waals surface area (Å²) < 4.78 is 36.1. The summed E-state index contributed by atoms with van der Waals surface area (Å²) in [5, 5.41) is 2.78. The lowest BCUT2D eigenvalue weighted by molar-refractivity contribution is -0.115. The second kappa shape index (κ2) is 5.48. The zero-order chi connectivity index (χ0) is 13.9. The number of hydrogen-bond acceptors (Lipinski definition) is 2. The molecule has 0 unspecified atom stereocenters. The molecule has 0 saturated carbocycles. The van der Waals surface area contributed by atoms with Crippen LogP contribution in [0.15, 0.2) is 42.6 Å². The molecule has 0 atom stereocenters. The van der Waals surface area contributed by atoms with E-state index in [-0.39, 0.29) is 5.82 Å². The van der Waals surface area contributed by atoms with Crippen LogP contribution in [0.2, 0.25) is 5.02 Å². The van der Waals surface area contributed by atoms with Gasteiger partial charge in [-0.1, -0.05) is 29.8 Å². The molecule has 1 aromatic heterocycles. The van der Waals surface area contributed by atoms with Crippen LogP contribution in [0.1, 0.15) is 0 Å². The lowest BCUT2D eigenvalue weighted by Gasteiger charge is -2.09. The summed E-state index contributed by atoms with van der Waals surface area (Å²) in [6.07, 6.45) is -2.77. The first-order valence-electron chi connectivity index (χ1n) is 5.47. The Bertz CT molecular complexity index is 553. The summed E-state index contributed by atoms with van der Waals surface area (Å²) >= 11 is 6.03. The maximum absolute atomic E-state index is 12.0. The molecule has 0 fully saturated rings. The summed E-state index contributed by atoms with van der Waals surface area (Å²) in [5.41, 5.74) is 1.54. The van der Waals surface area contributed by atoms with E-state index in [1.54, 1.807) is 18.2 Å². The second-order valence-electron chi connectivity index (χ2n) is 3.88. The lowest BCUT2D eigenvalue weighted by atomic mass is 10.1. The topological polar surface area (TPSA) is 24.9 Å². The van der Waals surface area contributed by atoms with Crippen molar-refractivity contribution in [3.8, 4) is 11.1 Å². The van der Waals surface area contributed by atoms with Crippen LogP contribution in [0, 0.1) is 0 Å². The molecule has 19 heavy (non-hydrogen) atoms. The fourth-order valence-electron chi connectivity index (χ4n) is 1.54. The van der Waals surface area contributed by atoms with E-state index in [2.05, 4.69) is 10.3 Å². The normalized spacial score (nSPS) is 11.4. The minimum absolute atomic E-state index is 0.174. The molecule has 0 aliphatic heterocycles. The molecule has 6 heteroatoms. The molecule has 100 valence electrons. The van der Waals surface area contributed by atoms with Gasteiger partial charge in [-0.3, -0.25) is 0 Å². The van der Waals surface area contributed by atoms with Gasteiger partial charge in [-0.25, -0.2) is 4.98 Å². The number of anilines is 1. The van der Waals surface area contributed by atoms with E-state index in [4.69, 9.17) is 11.6 Å². The molecular weight excluding hydrogens is 277 g/mol. The van der Waals surface area contributed by atoms with Crippen LogP contribution in [0.3, 0.4) is 0 Å².